The van der Waals surface area contributed by atoms with Gasteiger partial charge in [0.25, 0.3) is 5.91 Å². The Bertz CT molecular complexity index is 566. The van der Waals surface area contributed by atoms with Gasteiger partial charge in [-0.05, 0) is 17.7 Å². The van der Waals surface area contributed by atoms with Crippen LogP contribution in [0.3, 0.4) is 0 Å². The molecule has 6 heteroatoms. The molecule has 92 valence electrons. The third-order valence-corrected chi connectivity index (χ3v) is 3.39. The molecule has 0 radical (unpaired) electrons. The maximum Gasteiger partial charge on any atom is 0.263 e. The van der Waals surface area contributed by atoms with Crippen molar-refractivity contribution < 1.29 is 14.7 Å². The van der Waals surface area contributed by atoms with Crippen LogP contribution in [0.15, 0.2) is 35.2 Å². The molecular formula is C12H9NO3S2. The molecule has 1 saturated heterocycles. The molecular weight excluding hydrogens is 270 g/mol. The summed E-state index contributed by atoms with van der Waals surface area (Å²) in [5.41, 5.74) is 0.697. The number of phenolic OH excluding ortho intramolecular Hbond substituents is 1. The Morgan fingerprint density at radius 3 is 2.89 bits per heavy atom. The number of carbonyl (C=O) groups is 2. The SMILES string of the molecule is O=C(/C=C1\SC(=S)NC1=O)Cc1cccc(O)c1. The molecule has 1 aromatic rings. The number of hydrogen-bond acceptors (Lipinski definition) is 5. The largest absolute Gasteiger partial charge is 0.508 e. The summed E-state index contributed by atoms with van der Waals surface area (Å²) in [5.74, 6) is -0.431. The van der Waals surface area contributed by atoms with Gasteiger partial charge in [-0.3, -0.25) is 9.59 Å². The van der Waals surface area contributed by atoms with Crippen molar-refractivity contribution in [3.05, 3.63) is 40.8 Å². The summed E-state index contributed by atoms with van der Waals surface area (Å²) in [4.78, 5) is 23.4. The van der Waals surface area contributed by atoms with Crippen molar-refractivity contribution in [3.8, 4) is 5.75 Å². The minimum absolute atomic E-state index is 0.113. The quantitative estimate of drug-likeness (QED) is 0.649. The number of carbonyl (C=O) groups excluding carboxylic acids is 2. The lowest BCUT2D eigenvalue weighted by Gasteiger charge is -1.99. The van der Waals surface area contributed by atoms with E-state index in [1.165, 1.54) is 18.2 Å². The van der Waals surface area contributed by atoms with Crippen LogP contribution in [0, 0.1) is 0 Å². The van der Waals surface area contributed by atoms with E-state index in [1.807, 2.05) is 0 Å². The number of phenols is 1. The van der Waals surface area contributed by atoms with Gasteiger partial charge in [0.1, 0.15) is 10.1 Å². The number of benzene rings is 1. The van der Waals surface area contributed by atoms with Crippen molar-refractivity contribution in [2.24, 2.45) is 0 Å². The molecule has 1 heterocycles. The smallest absolute Gasteiger partial charge is 0.263 e. The van der Waals surface area contributed by atoms with Gasteiger partial charge in [0.15, 0.2) is 5.78 Å². The third kappa shape index (κ3) is 3.18. The molecule has 1 aliphatic rings. The van der Waals surface area contributed by atoms with E-state index in [-0.39, 0.29) is 23.9 Å². The van der Waals surface area contributed by atoms with E-state index in [4.69, 9.17) is 12.2 Å². The van der Waals surface area contributed by atoms with Crippen LogP contribution >= 0.6 is 24.0 Å². The Kier molecular flexibility index (Phi) is 3.78. The van der Waals surface area contributed by atoms with Crippen LogP contribution in [0.5, 0.6) is 5.75 Å². The van der Waals surface area contributed by atoms with E-state index >= 15 is 0 Å². The monoisotopic (exact) mass is 279 g/mol. The van der Waals surface area contributed by atoms with E-state index in [0.29, 0.717) is 14.8 Å². The highest BCUT2D eigenvalue weighted by Crippen LogP contribution is 2.23. The molecule has 2 N–H and O–H groups in total. The van der Waals surface area contributed by atoms with Crippen molar-refractivity contribution in [3.63, 3.8) is 0 Å². The van der Waals surface area contributed by atoms with Gasteiger partial charge in [-0.15, -0.1) is 0 Å². The maximum atomic E-state index is 11.7. The molecule has 1 aromatic carbocycles. The molecule has 0 atom stereocenters. The number of ketones is 1. The number of thiocarbonyl (C=S) groups is 1. The second-order valence-electron chi connectivity index (χ2n) is 3.67. The normalized spacial score (nSPS) is 17.0. The zero-order chi connectivity index (χ0) is 13.1. The number of amides is 1. The minimum atomic E-state index is -0.339. The average Bonchev–Trinajstić information content (AvgIpc) is 2.57. The predicted molar refractivity (Wildman–Crippen MR) is 73.2 cm³/mol. The maximum absolute atomic E-state index is 11.7. The Labute approximate surface area is 113 Å². The van der Waals surface area contributed by atoms with Gasteiger partial charge < -0.3 is 10.4 Å². The molecule has 0 spiro atoms. The molecule has 0 aromatic heterocycles. The number of aromatic hydroxyl groups is 1. The zero-order valence-corrected chi connectivity index (χ0v) is 10.8. The van der Waals surface area contributed by atoms with E-state index in [0.717, 1.165) is 11.8 Å². The molecule has 1 fully saturated rings. The number of thioether (sulfide) groups is 1. The van der Waals surface area contributed by atoms with Crippen molar-refractivity contribution in [2.45, 2.75) is 6.42 Å². The second kappa shape index (κ2) is 5.32. The van der Waals surface area contributed by atoms with Crippen LogP contribution in [-0.4, -0.2) is 21.1 Å². The molecule has 4 nitrogen and oxygen atoms in total. The molecule has 0 saturated carbocycles. The van der Waals surface area contributed by atoms with Gasteiger partial charge >= 0.3 is 0 Å². The van der Waals surface area contributed by atoms with Gasteiger partial charge in [0, 0.05) is 12.5 Å². The number of allylic oxidation sites excluding steroid dienone is 1. The Morgan fingerprint density at radius 2 is 2.28 bits per heavy atom. The topological polar surface area (TPSA) is 66.4 Å². The Hall–Kier alpha value is -1.66. The third-order valence-electron chi connectivity index (χ3n) is 2.22. The molecule has 0 bridgehead atoms. The van der Waals surface area contributed by atoms with Crippen molar-refractivity contribution >= 4 is 40.0 Å². The van der Waals surface area contributed by atoms with Crippen molar-refractivity contribution in [1.29, 1.82) is 0 Å². The summed E-state index contributed by atoms with van der Waals surface area (Å²) in [7, 11) is 0. The highest BCUT2D eigenvalue weighted by Gasteiger charge is 2.22. The summed E-state index contributed by atoms with van der Waals surface area (Å²) in [6, 6.07) is 6.45. The summed E-state index contributed by atoms with van der Waals surface area (Å²) in [5, 5.41) is 11.7. The van der Waals surface area contributed by atoms with E-state index < -0.39 is 0 Å². The standard InChI is InChI=1S/C12H9NO3S2/c14-8-3-1-2-7(4-8)5-9(15)6-10-11(16)13-12(17)18-10/h1-4,6,14H,5H2,(H,13,16,17)/b10-6-. The summed E-state index contributed by atoms with van der Waals surface area (Å²) < 4.78 is 0.358. The summed E-state index contributed by atoms with van der Waals surface area (Å²) in [6.07, 6.45) is 1.42. The average molecular weight is 279 g/mol. The lowest BCUT2D eigenvalue weighted by atomic mass is 10.1. The van der Waals surface area contributed by atoms with Gasteiger partial charge in [0.05, 0.1) is 4.91 Å². The molecule has 2 rings (SSSR count). The number of rotatable bonds is 3. The fourth-order valence-electron chi connectivity index (χ4n) is 1.49. The van der Waals surface area contributed by atoms with Crippen LogP contribution in [0.1, 0.15) is 5.56 Å². The lowest BCUT2D eigenvalue weighted by molar-refractivity contribution is -0.116. The molecule has 0 aliphatic carbocycles. The number of nitrogens with one attached hydrogen (secondary N) is 1. The first-order valence-electron chi connectivity index (χ1n) is 5.10. The molecule has 18 heavy (non-hydrogen) atoms. The van der Waals surface area contributed by atoms with Crippen molar-refractivity contribution in [2.75, 3.05) is 0 Å². The summed E-state index contributed by atoms with van der Waals surface area (Å²) in [6.45, 7) is 0. The van der Waals surface area contributed by atoms with E-state index in [9.17, 15) is 14.7 Å². The van der Waals surface area contributed by atoms with E-state index in [1.54, 1.807) is 12.1 Å². The summed E-state index contributed by atoms with van der Waals surface area (Å²) >= 11 is 5.90. The second-order valence-corrected chi connectivity index (χ2v) is 5.38. The first kappa shape index (κ1) is 12.8. The fraction of sp³-hybridized carbons (Fsp3) is 0.0833. The van der Waals surface area contributed by atoms with Crippen LogP contribution < -0.4 is 5.32 Å². The van der Waals surface area contributed by atoms with Gasteiger partial charge in [-0.25, -0.2) is 0 Å². The lowest BCUT2D eigenvalue weighted by Crippen LogP contribution is -2.18. The molecule has 0 unspecified atom stereocenters. The number of hydrogen-bond donors (Lipinski definition) is 2. The van der Waals surface area contributed by atoms with Gasteiger partial charge in [-0.2, -0.15) is 0 Å². The fourth-order valence-corrected chi connectivity index (χ4v) is 2.53. The first-order valence-corrected chi connectivity index (χ1v) is 6.32. The predicted octanol–water partition coefficient (Wildman–Crippen LogP) is 1.54. The first-order chi connectivity index (χ1) is 8.54. The van der Waals surface area contributed by atoms with Gasteiger partial charge in [-0.1, -0.05) is 36.1 Å². The molecule has 1 aliphatic heterocycles. The highest BCUT2D eigenvalue weighted by atomic mass is 32.2. The Balaban J connectivity index is 2.07. The molecule has 1 amide bonds. The van der Waals surface area contributed by atoms with E-state index in [2.05, 4.69) is 5.32 Å². The highest BCUT2D eigenvalue weighted by molar-refractivity contribution is 8.26. The van der Waals surface area contributed by atoms with Gasteiger partial charge in [0.2, 0.25) is 0 Å². The van der Waals surface area contributed by atoms with Crippen LogP contribution in [0.25, 0.3) is 0 Å². The zero-order valence-electron chi connectivity index (χ0n) is 9.17. The Morgan fingerprint density at radius 1 is 1.50 bits per heavy atom. The van der Waals surface area contributed by atoms with Crippen LogP contribution in [0.4, 0.5) is 0 Å². The van der Waals surface area contributed by atoms with Crippen LogP contribution in [0.2, 0.25) is 0 Å². The van der Waals surface area contributed by atoms with Crippen molar-refractivity contribution in [1.82, 2.24) is 5.32 Å². The van der Waals surface area contributed by atoms with Crippen LogP contribution in [-0.2, 0) is 16.0 Å². The minimum Gasteiger partial charge on any atom is -0.508 e.